The van der Waals surface area contributed by atoms with Gasteiger partial charge in [0.25, 0.3) is 0 Å². The van der Waals surface area contributed by atoms with Crippen LogP contribution in [-0.2, 0) is 6.42 Å². The van der Waals surface area contributed by atoms with Gasteiger partial charge < -0.3 is 24.3 Å². The fraction of sp³-hybridized carbons (Fsp3) is 0.174. The van der Waals surface area contributed by atoms with Gasteiger partial charge in [-0.25, -0.2) is 4.98 Å². The van der Waals surface area contributed by atoms with Crippen molar-refractivity contribution < 1.29 is 19.3 Å². The van der Waals surface area contributed by atoms with Crippen LogP contribution < -0.4 is 14.2 Å². The molecule has 0 spiro atoms. The van der Waals surface area contributed by atoms with Crippen LogP contribution in [0.5, 0.6) is 23.0 Å². The number of hydrogen-bond donors (Lipinski definition) is 2. The maximum Gasteiger partial charge on any atom is 0.203 e. The van der Waals surface area contributed by atoms with Crippen LogP contribution in [0.4, 0.5) is 0 Å². The molecule has 0 bridgehead atoms. The minimum atomic E-state index is 0.185. The minimum absolute atomic E-state index is 0.185. The van der Waals surface area contributed by atoms with Gasteiger partial charge in [0.1, 0.15) is 11.6 Å². The number of benzene rings is 3. The van der Waals surface area contributed by atoms with Gasteiger partial charge in [-0.05, 0) is 35.4 Å². The van der Waals surface area contributed by atoms with Crippen molar-refractivity contribution in [2.75, 3.05) is 21.3 Å². The molecule has 0 aliphatic heterocycles. The quantitative estimate of drug-likeness (QED) is 0.400. The number of methoxy groups -OCH3 is 3. The van der Waals surface area contributed by atoms with Gasteiger partial charge in [-0.2, -0.15) is 0 Å². The highest BCUT2D eigenvalue weighted by molar-refractivity contribution is 9.10. The Hall–Kier alpha value is -3.19. The number of nitrogens with zero attached hydrogens (tertiary/aromatic N) is 1. The van der Waals surface area contributed by atoms with Gasteiger partial charge in [0.05, 0.1) is 32.4 Å². The van der Waals surface area contributed by atoms with Crippen LogP contribution >= 0.6 is 15.9 Å². The predicted molar refractivity (Wildman–Crippen MR) is 120 cm³/mol. The Kier molecular flexibility index (Phi) is 5.55. The number of phenolic OH excluding ortho intramolecular Hbond substituents is 1. The summed E-state index contributed by atoms with van der Waals surface area (Å²) in [7, 11) is 4.72. The van der Waals surface area contributed by atoms with Crippen LogP contribution in [0.15, 0.2) is 53.0 Å². The molecule has 0 unspecified atom stereocenters. The highest BCUT2D eigenvalue weighted by Crippen LogP contribution is 2.41. The normalized spacial score (nSPS) is 10.9. The molecule has 1 aromatic heterocycles. The molecule has 0 fully saturated rings. The lowest BCUT2D eigenvalue weighted by Gasteiger charge is -2.13. The second kappa shape index (κ2) is 8.28. The number of phenols is 1. The maximum absolute atomic E-state index is 10.3. The van der Waals surface area contributed by atoms with Gasteiger partial charge in [0, 0.05) is 22.5 Å². The topological polar surface area (TPSA) is 76.6 Å². The lowest BCUT2D eigenvalue weighted by atomic mass is 10.0. The summed E-state index contributed by atoms with van der Waals surface area (Å²) in [6.07, 6.45) is 0.631. The molecule has 0 aliphatic carbocycles. The van der Waals surface area contributed by atoms with E-state index in [-0.39, 0.29) is 5.75 Å². The molecule has 7 heteroatoms. The Balaban J connectivity index is 1.84. The lowest BCUT2D eigenvalue weighted by molar-refractivity contribution is 0.324. The van der Waals surface area contributed by atoms with E-state index in [0.29, 0.717) is 29.5 Å². The first-order chi connectivity index (χ1) is 14.5. The maximum atomic E-state index is 10.3. The number of aromatic nitrogens is 2. The van der Waals surface area contributed by atoms with E-state index in [0.717, 1.165) is 32.2 Å². The van der Waals surface area contributed by atoms with Crippen LogP contribution in [0.25, 0.3) is 22.4 Å². The average Bonchev–Trinajstić information content (AvgIpc) is 3.18. The van der Waals surface area contributed by atoms with Crippen LogP contribution in [0.3, 0.4) is 0 Å². The summed E-state index contributed by atoms with van der Waals surface area (Å²) in [5.74, 6) is 2.44. The summed E-state index contributed by atoms with van der Waals surface area (Å²) in [5, 5.41) is 10.3. The van der Waals surface area contributed by atoms with Crippen molar-refractivity contribution in [1.29, 1.82) is 0 Å². The minimum Gasteiger partial charge on any atom is -0.508 e. The van der Waals surface area contributed by atoms with E-state index >= 15 is 0 Å². The first kappa shape index (κ1) is 20.1. The molecule has 0 saturated carbocycles. The van der Waals surface area contributed by atoms with Crippen molar-refractivity contribution in [3.8, 4) is 34.4 Å². The Morgan fingerprint density at radius 3 is 2.27 bits per heavy atom. The Bertz CT molecular complexity index is 1190. The fourth-order valence-electron chi connectivity index (χ4n) is 3.51. The van der Waals surface area contributed by atoms with Crippen molar-refractivity contribution in [1.82, 2.24) is 9.97 Å². The third kappa shape index (κ3) is 3.68. The summed E-state index contributed by atoms with van der Waals surface area (Å²) < 4.78 is 17.3. The summed E-state index contributed by atoms with van der Waals surface area (Å²) >= 11 is 3.59. The fourth-order valence-corrected chi connectivity index (χ4v) is 3.93. The molecule has 154 valence electrons. The molecule has 2 N–H and O–H groups in total. The molecule has 6 nitrogen and oxygen atoms in total. The summed E-state index contributed by atoms with van der Waals surface area (Å²) in [6, 6.07) is 15.1. The van der Waals surface area contributed by atoms with Crippen LogP contribution in [0.2, 0.25) is 0 Å². The molecule has 0 saturated heterocycles. The van der Waals surface area contributed by atoms with Crippen molar-refractivity contribution in [2.24, 2.45) is 0 Å². The van der Waals surface area contributed by atoms with Crippen molar-refractivity contribution >= 4 is 27.0 Å². The van der Waals surface area contributed by atoms with E-state index < -0.39 is 0 Å². The largest absolute Gasteiger partial charge is 0.508 e. The van der Waals surface area contributed by atoms with Crippen LogP contribution in [-0.4, -0.2) is 36.4 Å². The zero-order valence-electron chi connectivity index (χ0n) is 16.8. The Morgan fingerprint density at radius 1 is 0.933 bits per heavy atom. The lowest BCUT2D eigenvalue weighted by Crippen LogP contribution is -1.96. The average molecular weight is 469 g/mol. The number of fused-ring (bicyclic) bond motifs is 1. The molecular formula is C23H21BrN2O4. The van der Waals surface area contributed by atoms with E-state index in [4.69, 9.17) is 19.2 Å². The molecule has 0 radical (unpaired) electrons. The molecule has 1 heterocycles. The van der Waals surface area contributed by atoms with Crippen LogP contribution in [0.1, 0.15) is 11.1 Å². The van der Waals surface area contributed by atoms with Gasteiger partial charge in [0.2, 0.25) is 5.75 Å². The highest BCUT2D eigenvalue weighted by Gasteiger charge is 2.17. The molecule has 0 atom stereocenters. The molecule has 0 amide bonds. The number of ether oxygens (including phenoxy) is 3. The molecule has 30 heavy (non-hydrogen) atoms. The van der Waals surface area contributed by atoms with Gasteiger partial charge in [0.15, 0.2) is 11.5 Å². The summed E-state index contributed by atoms with van der Waals surface area (Å²) in [4.78, 5) is 8.12. The van der Waals surface area contributed by atoms with Gasteiger partial charge in [-0.15, -0.1) is 0 Å². The number of H-pyrrole nitrogens is 1. The number of hydrogen-bond acceptors (Lipinski definition) is 5. The SMILES string of the molecule is COc1cc(-c2nc3c(Cc4ccccc4Br)cc(O)cc3[nH]2)cc(OC)c1OC. The molecule has 4 aromatic rings. The zero-order chi connectivity index (χ0) is 21.3. The Labute approximate surface area is 182 Å². The van der Waals surface area contributed by atoms with Gasteiger partial charge >= 0.3 is 0 Å². The first-order valence-corrected chi connectivity index (χ1v) is 10.1. The smallest absolute Gasteiger partial charge is 0.203 e. The van der Waals surface area contributed by atoms with Crippen molar-refractivity contribution in [3.05, 3.63) is 64.1 Å². The second-order valence-corrected chi connectivity index (χ2v) is 7.62. The standard InChI is InChI=1S/C23H21BrN2O4/c1-28-19-10-15(11-20(29-2)22(19)30-3)23-25-18-12-16(27)9-14(21(18)26-23)8-13-6-4-5-7-17(13)24/h4-7,9-12,27H,8H2,1-3H3,(H,25,26). The third-order valence-electron chi connectivity index (χ3n) is 4.93. The second-order valence-electron chi connectivity index (χ2n) is 6.77. The third-order valence-corrected chi connectivity index (χ3v) is 5.70. The molecular weight excluding hydrogens is 448 g/mol. The van der Waals surface area contributed by atoms with Crippen LogP contribution in [0, 0.1) is 0 Å². The number of nitrogens with one attached hydrogen (secondary N) is 1. The number of halogens is 1. The van der Waals surface area contributed by atoms with Crippen molar-refractivity contribution in [2.45, 2.75) is 6.42 Å². The first-order valence-electron chi connectivity index (χ1n) is 9.29. The van der Waals surface area contributed by atoms with E-state index in [2.05, 4.69) is 20.9 Å². The van der Waals surface area contributed by atoms with Gasteiger partial charge in [-0.3, -0.25) is 0 Å². The number of rotatable bonds is 6. The number of aromatic hydroxyl groups is 1. The molecule has 3 aromatic carbocycles. The number of imidazole rings is 1. The highest BCUT2D eigenvalue weighted by atomic mass is 79.9. The van der Waals surface area contributed by atoms with Crippen molar-refractivity contribution in [3.63, 3.8) is 0 Å². The monoisotopic (exact) mass is 468 g/mol. The predicted octanol–water partition coefficient (Wildman–Crippen LogP) is 5.31. The Morgan fingerprint density at radius 2 is 1.63 bits per heavy atom. The summed E-state index contributed by atoms with van der Waals surface area (Å²) in [6.45, 7) is 0. The van der Waals surface area contributed by atoms with E-state index in [9.17, 15) is 5.11 Å². The van der Waals surface area contributed by atoms with E-state index in [1.54, 1.807) is 33.5 Å². The number of aromatic amines is 1. The molecule has 4 rings (SSSR count). The molecule has 0 aliphatic rings. The zero-order valence-corrected chi connectivity index (χ0v) is 18.4. The van der Waals surface area contributed by atoms with Gasteiger partial charge in [-0.1, -0.05) is 34.1 Å². The van der Waals surface area contributed by atoms with E-state index in [1.165, 1.54) is 0 Å². The summed E-state index contributed by atoms with van der Waals surface area (Å²) in [5.41, 5.74) is 4.37. The van der Waals surface area contributed by atoms with E-state index in [1.807, 2.05) is 36.4 Å².